The summed E-state index contributed by atoms with van der Waals surface area (Å²) in [6, 6.07) is 9.03. The van der Waals surface area contributed by atoms with E-state index < -0.39 is 0 Å². The van der Waals surface area contributed by atoms with E-state index in [2.05, 4.69) is 21.2 Å². The molecule has 1 aliphatic heterocycles. The molecule has 0 atom stereocenters. The maximum atomic E-state index is 12.4. The summed E-state index contributed by atoms with van der Waals surface area (Å²) in [7, 11) is 0. The molecule has 1 N–H and O–H groups in total. The molecule has 6 heteroatoms. The summed E-state index contributed by atoms with van der Waals surface area (Å²) in [6.45, 7) is 0.786. The van der Waals surface area contributed by atoms with Gasteiger partial charge in [0.1, 0.15) is 0 Å². The van der Waals surface area contributed by atoms with Gasteiger partial charge in [0.25, 0.3) is 5.91 Å². The minimum absolute atomic E-state index is 0.215. The molecule has 1 saturated carbocycles. The average molecular weight is 389 g/mol. The van der Waals surface area contributed by atoms with Crippen LogP contribution in [0.3, 0.4) is 0 Å². The van der Waals surface area contributed by atoms with Crippen LogP contribution in [0.25, 0.3) is 0 Å². The Kier molecular flexibility index (Phi) is 3.92. The van der Waals surface area contributed by atoms with Crippen molar-refractivity contribution >= 4 is 39.1 Å². The Bertz CT molecular complexity index is 810. The highest BCUT2D eigenvalue weighted by molar-refractivity contribution is 9.10. The SMILES string of the molecule is O=C(Nc1ccc2c(c1)CCCN2C(=O)C1CC1)c1ccc(Br)o1. The van der Waals surface area contributed by atoms with Gasteiger partial charge in [0, 0.05) is 23.8 Å². The molecule has 2 aliphatic rings. The molecule has 2 aromatic rings. The molecule has 24 heavy (non-hydrogen) atoms. The first kappa shape index (κ1) is 15.4. The normalized spacial score (nSPS) is 16.6. The van der Waals surface area contributed by atoms with Gasteiger partial charge in [-0.25, -0.2) is 0 Å². The van der Waals surface area contributed by atoms with Crippen LogP contribution in [0.5, 0.6) is 0 Å². The van der Waals surface area contributed by atoms with Gasteiger partial charge in [-0.3, -0.25) is 9.59 Å². The lowest BCUT2D eigenvalue weighted by Crippen LogP contribution is -2.36. The number of benzene rings is 1. The molecule has 0 radical (unpaired) electrons. The molecule has 0 saturated heterocycles. The van der Waals surface area contributed by atoms with Gasteiger partial charge >= 0.3 is 0 Å². The summed E-state index contributed by atoms with van der Waals surface area (Å²) in [4.78, 5) is 26.5. The van der Waals surface area contributed by atoms with Gasteiger partial charge in [0.15, 0.2) is 10.4 Å². The van der Waals surface area contributed by atoms with E-state index >= 15 is 0 Å². The fourth-order valence-electron chi connectivity index (χ4n) is 3.08. The number of anilines is 2. The number of hydrogen-bond acceptors (Lipinski definition) is 3. The predicted octanol–water partition coefficient (Wildman–Crippen LogP) is 3.98. The Hall–Kier alpha value is -2.08. The monoisotopic (exact) mass is 388 g/mol. The van der Waals surface area contributed by atoms with E-state index in [1.807, 2.05) is 23.1 Å². The Morgan fingerprint density at radius 3 is 2.75 bits per heavy atom. The number of carbonyl (C=O) groups is 2. The van der Waals surface area contributed by atoms with Crippen LogP contribution in [0.1, 0.15) is 35.4 Å². The third kappa shape index (κ3) is 2.98. The van der Waals surface area contributed by atoms with Crippen molar-refractivity contribution in [3.63, 3.8) is 0 Å². The van der Waals surface area contributed by atoms with Crippen LogP contribution in [0, 0.1) is 5.92 Å². The van der Waals surface area contributed by atoms with Gasteiger partial charge in [0.2, 0.25) is 5.91 Å². The molecular formula is C18H17BrN2O3. The van der Waals surface area contributed by atoms with Crippen molar-refractivity contribution < 1.29 is 14.0 Å². The van der Waals surface area contributed by atoms with Crippen LogP contribution in [-0.2, 0) is 11.2 Å². The first-order valence-corrected chi connectivity index (χ1v) is 8.92. The lowest BCUT2D eigenvalue weighted by Gasteiger charge is -2.30. The second-order valence-corrected chi connectivity index (χ2v) is 7.05. The van der Waals surface area contributed by atoms with Crippen LogP contribution in [0.2, 0.25) is 0 Å². The van der Waals surface area contributed by atoms with E-state index in [1.54, 1.807) is 12.1 Å². The maximum Gasteiger partial charge on any atom is 0.291 e. The number of hydrogen-bond donors (Lipinski definition) is 1. The topological polar surface area (TPSA) is 62.6 Å². The third-order valence-corrected chi connectivity index (χ3v) is 4.87. The number of fused-ring (bicyclic) bond motifs is 1. The summed E-state index contributed by atoms with van der Waals surface area (Å²) < 4.78 is 5.78. The molecule has 1 fully saturated rings. The number of halogens is 1. The molecule has 2 amide bonds. The first-order valence-electron chi connectivity index (χ1n) is 8.13. The molecule has 124 valence electrons. The zero-order chi connectivity index (χ0) is 16.7. The van der Waals surface area contributed by atoms with Gasteiger partial charge in [0.05, 0.1) is 0 Å². The summed E-state index contributed by atoms with van der Waals surface area (Å²) in [5.41, 5.74) is 2.80. The van der Waals surface area contributed by atoms with Crippen molar-refractivity contribution in [1.29, 1.82) is 0 Å². The van der Waals surface area contributed by atoms with Gasteiger partial charge in [-0.05, 0) is 77.5 Å². The minimum Gasteiger partial charge on any atom is -0.444 e. The number of rotatable bonds is 3. The molecule has 0 unspecified atom stereocenters. The number of furan rings is 1. The van der Waals surface area contributed by atoms with Crippen LogP contribution < -0.4 is 10.2 Å². The van der Waals surface area contributed by atoms with E-state index in [0.717, 1.165) is 43.5 Å². The number of aryl methyl sites for hydroxylation is 1. The fraction of sp³-hybridized carbons (Fsp3) is 0.333. The van der Waals surface area contributed by atoms with Crippen LogP contribution in [-0.4, -0.2) is 18.4 Å². The molecule has 4 rings (SSSR count). The molecule has 2 heterocycles. The highest BCUT2D eigenvalue weighted by Gasteiger charge is 2.35. The van der Waals surface area contributed by atoms with Crippen molar-refractivity contribution in [2.45, 2.75) is 25.7 Å². The lowest BCUT2D eigenvalue weighted by atomic mass is 10.0. The van der Waals surface area contributed by atoms with E-state index in [0.29, 0.717) is 10.4 Å². The Labute approximate surface area is 148 Å². The molecule has 0 spiro atoms. The van der Waals surface area contributed by atoms with Crippen molar-refractivity contribution in [3.8, 4) is 0 Å². The summed E-state index contributed by atoms with van der Waals surface area (Å²) >= 11 is 3.19. The molecule has 5 nitrogen and oxygen atoms in total. The Balaban J connectivity index is 1.54. The van der Waals surface area contributed by atoms with Crippen molar-refractivity contribution in [3.05, 3.63) is 46.3 Å². The maximum absolute atomic E-state index is 12.4. The van der Waals surface area contributed by atoms with Crippen LogP contribution in [0.15, 0.2) is 39.4 Å². The van der Waals surface area contributed by atoms with Gasteiger partial charge in [-0.15, -0.1) is 0 Å². The van der Waals surface area contributed by atoms with Crippen molar-refractivity contribution in [2.75, 3.05) is 16.8 Å². The standard InChI is InChI=1S/C18H17BrN2O3/c19-16-8-7-15(24-16)17(22)20-13-5-6-14-12(10-13)2-1-9-21(14)18(23)11-3-4-11/h5-8,10-11H,1-4,9H2,(H,20,22). The quantitative estimate of drug-likeness (QED) is 0.864. The molecule has 1 aromatic carbocycles. The second kappa shape index (κ2) is 6.09. The molecule has 0 bridgehead atoms. The largest absolute Gasteiger partial charge is 0.444 e. The number of nitrogens with one attached hydrogen (secondary N) is 1. The summed E-state index contributed by atoms with van der Waals surface area (Å²) in [6.07, 6.45) is 3.89. The number of nitrogens with zero attached hydrogens (tertiary/aromatic N) is 1. The van der Waals surface area contributed by atoms with Crippen molar-refractivity contribution in [2.24, 2.45) is 5.92 Å². The number of amides is 2. The van der Waals surface area contributed by atoms with Crippen LogP contribution >= 0.6 is 15.9 Å². The third-order valence-electron chi connectivity index (χ3n) is 4.45. The highest BCUT2D eigenvalue weighted by atomic mass is 79.9. The summed E-state index contributed by atoms with van der Waals surface area (Å²) in [5.74, 6) is 0.424. The zero-order valence-corrected chi connectivity index (χ0v) is 14.6. The number of carbonyl (C=O) groups excluding carboxylic acids is 2. The van der Waals surface area contributed by atoms with Gasteiger partial charge in [-0.2, -0.15) is 0 Å². The zero-order valence-electron chi connectivity index (χ0n) is 13.0. The Morgan fingerprint density at radius 1 is 1.21 bits per heavy atom. The van der Waals surface area contributed by atoms with E-state index in [4.69, 9.17) is 4.42 Å². The average Bonchev–Trinajstić information content (AvgIpc) is 3.34. The smallest absolute Gasteiger partial charge is 0.291 e. The van der Waals surface area contributed by atoms with E-state index in [1.165, 1.54) is 0 Å². The van der Waals surface area contributed by atoms with E-state index in [-0.39, 0.29) is 23.5 Å². The predicted molar refractivity (Wildman–Crippen MR) is 94.2 cm³/mol. The van der Waals surface area contributed by atoms with Crippen LogP contribution in [0.4, 0.5) is 11.4 Å². The van der Waals surface area contributed by atoms with Gasteiger partial charge in [-0.1, -0.05) is 0 Å². The highest BCUT2D eigenvalue weighted by Crippen LogP contribution is 2.36. The lowest BCUT2D eigenvalue weighted by molar-refractivity contribution is -0.119. The Morgan fingerprint density at radius 2 is 2.04 bits per heavy atom. The summed E-state index contributed by atoms with van der Waals surface area (Å²) in [5, 5.41) is 2.84. The van der Waals surface area contributed by atoms with Gasteiger partial charge < -0.3 is 14.6 Å². The molecule has 1 aromatic heterocycles. The van der Waals surface area contributed by atoms with E-state index in [9.17, 15) is 9.59 Å². The molecular weight excluding hydrogens is 372 g/mol. The first-order chi connectivity index (χ1) is 11.6. The van der Waals surface area contributed by atoms with Crippen molar-refractivity contribution in [1.82, 2.24) is 0 Å². The fourth-order valence-corrected chi connectivity index (χ4v) is 3.39. The molecule has 1 aliphatic carbocycles. The minimum atomic E-state index is -0.289. The second-order valence-electron chi connectivity index (χ2n) is 6.27.